The van der Waals surface area contributed by atoms with E-state index in [1.54, 1.807) is 19.2 Å². The van der Waals surface area contributed by atoms with E-state index in [0.717, 1.165) is 25.9 Å². The average molecular weight is 314 g/mol. The Hall–Kier alpha value is -1.14. The first kappa shape index (κ1) is 17.9. The highest BCUT2D eigenvalue weighted by molar-refractivity contribution is 5.92. The van der Waals surface area contributed by atoms with Crippen molar-refractivity contribution in [2.24, 2.45) is 11.5 Å². The third-order valence-corrected chi connectivity index (χ3v) is 4.02. The zero-order valence-corrected chi connectivity index (χ0v) is 13.1. The molecule has 2 rings (SSSR count). The van der Waals surface area contributed by atoms with Gasteiger partial charge in [-0.1, -0.05) is 12.1 Å². The number of piperidine rings is 1. The van der Waals surface area contributed by atoms with E-state index < -0.39 is 5.91 Å². The maximum atomic E-state index is 11.1. The van der Waals surface area contributed by atoms with E-state index in [4.69, 9.17) is 16.2 Å². The molecule has 0 spiro atoms. The monoisotopic (exact) mass is 313 g/mol. The lowest BCUT2D eigenvalue weighted by Gasteiger charge is -2.38. The molecular weight excluding hydrogens is 290 g/mol. The highest BCUT2D eigenvalue weighted by Gasteiger charge is 2.27. The lowest BCUT2D eigenvalue weighted by Crippen LogP contribution is -2.47. The molecule has 1 heterocycles. The van der Waals surface area contributed by atoms with E-state index in [2.05, 4.69) is 4.90 Å². The van der Waals surface area contributed by atoms with Crippen molar-refractivity contribution >= 4 is 18.3 Å². The summed E-state index contributed by atoms with van der Waals surface area (Å²) >= 11 is 0. The van der Waals surface area contributed by atoms with Gasteiger partial charge in [-0.05, 0) is 30.5 Å². The van der Waals surface area contributed by atoms with Gasteiger partial charge in [-0.3, -0.25) is 9.69 Å². The average Bonchev–Trinajstić information content (AvgIpc) is 2.48. The first-order chi connectivity index (χ1) is 9.63. The van der Waals surface area contributed by atoms with Crippen molar-refractivity contribution in [3.05, 3.63) is 35.4 Å². The first-order valence-electron chi connectivity index (χ1n) is 6.99. The van der Waals surface area contributed by atoms with Gasteiger partial charge in [-0.25, -0.2) is 0 Å². The van der Waals surface area contributed by atoms with Gasteiger partial charge in [0.05, 0.1) is 6.10 Å². The number of hydrogen-bond acceptors (Lipinski definition) is 4. The summed E-state index contributed by atoms with van der Waals surface area (Å²) in [6.07, 6.45) is 2.33. The number of methoxy groups -OCH3 is 1. The van der Waals surface area contributed by atoms with E-state index in [-0.39, 0.29) is 12.4 Å². The van der Waals surface area contributed by atoms with Gasteiger partial charge in [0.1, 0.15) is 0 Å². The van der Waals surface area contributed by atoms with Crippen LogP contribution in [-0.2, 0) is 11.3 Å². The molecule has 1 amide bonds. The van der Waals surface area contributed by atoms with Gasteiger partial charge < -0.3 is 16.2 Å². The molecule has 1 fully saturated rings. The molecule has 6 heteroatoms. The number of halogens is 1. The molecule has 0 aromatic heterocycles. The van der Waals surface area contributed by atoms with Gasteiger partial charge in [0, 0.05) is 38.3 Å². The Bertz CT molecular complexity index is 453. The number of benzene rings is 1. The molecular formula is C15H24ClN3O2. The minimum Gasteiger partial charge on any atom is -0.381 e. The van der Waals surface area contributed by atoms with Crippen molar-refractivity contribution in [3.63, 3.8) is 0 Å². The minimum atomic E-state index is -0.391. The maximum Gasteiger partial charge on any atom is 0.248 e. The van der Waals surface area contributed by atoms with E-state index >= 15 is 0 Å². The summed E-state index contributed by atoms with van der Waals surface area (Å²) in [4.78, 5) is 13.4. The molecule has 2 unspecified atom stereocenters. The topological polar surface area (TPSA) is 81.6 Å². The predicted molar refractivity (Wildman–Crippen MR) is 85.5 cm³/mol. The SMILES string of the molecule is COC1CCN(Cc2ccc(C(N)=O)cc2)C(CN)C1.Cl. The zero-order valence-electron chi connectivity index (χ0n) is 12.3. The second kappa shape index (κ2) is 8.34. The quantitative estimate of drug-likeness (QED) is 0.854. The molecule has 0 aliphatic carbocycles. The largest absolute Gasteiger partial charge is 0.381 e. The Balaban J connectivity index is 0.00000220. The Labute approximate surface area is 132 Å². The third kappa shape index (κ3) is 4.68. The van der Waals surface area contributed by atoms with Crippen molar-refractivity contribution in [3.8, 4) is 0 Å². The van der Waals surface area contributed by atoms with Gasteiger partial charge in [0.25, 0.3) is 0 Å². The summed E-state index contributed by atoms with van der Waals surface area (Å²) in [6, 6.07) is 7.81. The van der Waals surface area contributed by atoms with Crippen LogP contribution in [0.4, 0.5) is 0 Å². The molecule has 1 aliphatic rings. The summed E-state index contributed by atoms with van der Waals surface area (Å²) in [6.45, 7) is 2.47. The molecule has 118 valence electrons. The second-order valence-corrected chi connectivity index (χ2v) is 5.30. The minimum absolute atomic E-state index is 0. The van der Waals surface area contributed by atoms with Gasteiger partial charge >= 0.3 is 0 Å². The normalized spacial score (nSPS) is 22.6. The number of carbonyl (C=O) groups is 1. The van der Waals surface area contributed by atoms with Crippen LogP contribution in [0.15, 0.2) is 24.3 Å². The lowest BCUT2D eigenvalue weighted by molar-refractivity contribution is 0.0102. The number of nitrogens with zero attached hydrogens (tertiary/aromatic N) is 1. The molecule has 1 aromatic rings. The summed E-state index contributed by atoms with van der Waals surface area (Å²) in [7, 11) is 1.76. The molecule has 0 saturated carbocycles. The maximum absolute atomic E-state index is 11.1. The Morgan fingerprint density at radius 1 is 1.38 bits per heavy atom. The predicted octanol–water partition coefficient (Wildman–Crippen LogP) is 1.15. The number of amides is 1. The fraction of sp³-hybridized carbons (Fsp3) is 0.533. The van der Waals surface area contributed by atoms with Crippen LogP contribution >= 0.6 is 12.4 Å². The number of likely N-dealkylation sites (tertiary alicyclic amines) is 1. The number of rotatable bonds is 5. The van der Waals surface area contributed by atoms with Crippen LogP contribution in [0.25, 0.3) is 0 Å². The van der Waals surface area contributed by atoms with Crippen LogP contribution in [0.3, 0.4) is 0 Å². The molecule has 4 N–H and O–H groups in total. The van der Waals surface area contributed by atoms with Crippen molar-refractivity contribution in [1.82, 2.24) is 4.90 Å². The van der Waals surface area contributed by atoms with Crippen LogP contribution in [-0.4, -0.2) is 43.2 Å². The highest BCUT2D eigenvalue weighted by Crippen LogP contribution is 2.21. The van der Waals surface area contributed by atoms with Crippen molar-refractivity contribution in [2.75, 3.05) is 20.2 Å². The number of ether oxygens (including phenoxy) is 1. The molecule has 5 nitrogen and oxygen atoms in total. The standard InChI is InChI=1S/C15H23N3O2.ClH/c1-20-14-6-7-18(13(8-14)9-16)10-11-2-4-12(5-3-11)15(17)19;/h2-5,13-14H,6-10,16H2,1H3,(H2,17,19);1H. The van der Waals surface area contributed by atoms with Gasteiger partial charge in [-0.15, -0.1) is 12.4 Å². The van der Waals surface area contributed by atoms with Gasteiger partial charge in [-0.2, -0.15) is 0 Å². The van der Waals surface area contributed by atoms with Crippen LogP contribution in [0, 0.1) is 0 Å². The molecule has 21 heavy (non-hydrogen) atoms. The fourth-order valence-corrected chi connectivity index (χ4v) is 2.74. The van der Waals surface area contributed by atoms with Gasteiger partial charge in [0.2, 0.25) is 5.91 Å². The van der Waals surface area contributed by atoms with Crippen LogP contribution in [0.2, 0.25) is 0 Å². The summed E-state index contributed by atoms with van der Waals surface area (Å²) in [5.41, 5.74) is 12.8. The zero-order chi connectivity index (χ0) is 14.5. The first-order valence-corrected chi connectivity index (χ1v) is 6.99. The number of hydrogen-bond donors (Lipinski definition) is 2. The molecule has 1 aliphatic heterocycles. The molecule has 0 radical (unpaired) electrons. The number of nitrogens with two attached hydrogens (primary N) is 2. The van der Waals surface area contributed by atoms with Crippen molar-refractivity contribution in [1.29, 1.82) is 0 Å². The fourth-order valence-electron chi connectivity index (χ4n) is 2.74. The molecule has 1 aromatic carbocycles. The van der Waals surface area contributed by atoms with Crippen LogP contribution < -0.4 is 11.5 Å². The third-order valence-electron chi connectivity index (χ3n) is 4.02. The summed E-state index contributed by atoms with van der Waals surface area (Å²) in [5, 5.41) is 0. The summed E-state index contributed by atoms with van der Waals surface area (Å²) in [5.74, 6) is -0.391. The molecule has 1 saturated heterocycles. The molecule has 0 bridgehead atoms. The van der Waals surface area contributed by atoms with Crippen molar-refractivity contribution < 1.29 is 9.53 Å². The summed E-state index contributed by atoms with van der Waals surface area (Å²) < 4.78 is 5.43. The Morgan fingerprint density at radius 3 is 2.57 bits per heavy atom. The Morgan fingerprint density at radius 2 is 2.05 bits per heavy atom. The number of primary amides is 1. The van der Waals surface area contributed by atoms with Crippen LogP contribution in [0.1, 0.15) is 28.8 Å². The highest BCUT2D eigenvalue weighted by atomic mass is 35.5. The number of carbonyl (C=O) groups excluding carboxylic acids is 1. The second-order valence-electron chi connectivity index (χ2n) is 5.30. The van der Waals surface area contributed by atoms with Gasteiger partial charge in [0.15, 0.2) is 0 Å². The van der Waals surface area contributed by atoms with E-state index in [9.17, 15) is 4.79 Å². The lowest BCUT2D eigenvalue weighted by atomic mass is 9.98. The van der Waals surface area contributed by atoms with E-state index in [1.807, 2.05) is 12.1 Å². The smallest absolute Gasteiger partial charge is 0.248 e. The van der Waals surface area contributed by atoms with E-state index in [0.29, 0.717) is 24.3 Å². The molecule has 2 atom stereocenters. The van der Waals surface area contributed by atoms with Crippen molar-refractivity contribution in [2.45, 2.75) is 31.5 Å². The Kier molecular flexibility index (Phi) is 7.11. The van der Waals surface area contributed by atoms with Crippen LogP contribution in [0.5, 0.6) is 0 Å². The van der Waals surface area contributed by atoms with E-state index in [1.165, 1.54) is 5.56 Å².